The van der Waals surface area contributed by atoms with Crippen molar-refractivity contribution in [2.75, 3.05) is 12.0 Å². The maximum Gasteiger partial charge on any atom is 0.433 e. The van der Waals surface area contributed by atoms with Gasteiger partial charge < -0.3 is 0 Å². The van der Waals surface area contributed by atoms with Gasteiger partial charge in [-0.1, -0.05) is 13.0 Å². The molecule has 0 aromatic rings. The number of allylic oxidation sites excluding steroid dienone is 2. The Bertz CT molecular complexity index is 257. The average molecular weight is 223 g/mol. The standard InChI is InChI=1S/C9H12F3NS/c1-6-3-8(9(10,11)12)13-4-7(6)5-14-2/h3-4,6-7H,5H2,1-2H3. The van der Waals surface area contributed by atoms with Crippen molar-refractivity contribution < 1.29 is 13.2 Å². The largest absolute Gasteiger partial charge is 0.433 e. The summed E-state index contributed by atoms with van der Waals surface area (Å²) in [7, 11) is 0. The highest BCUT2D eigenvalue weighted by Crippen LogP contribution is 2.32. The maximum absolute atomic E-state index is 12.2. The molecule has 0 fully saturated rings. The van der Waals surface area contributed by atoms with Crippen molar-refractivity contribution in [3.8, 4) is 0 Å². The van der Waals surface area contributed by atoms with Crippen LogP contribution in [0, 0.1) is 11.8 Å². The smallest absolute Gasteiger partial charge is 0.256 e. The summed E-state index contributed by atoms with van der Waals surface area (Å²) in [6.45, 7) is 1.79. The van der Waals surface area contributed by atoms with Crippen molar-refractivity contribution >= 4 is 18.0 Å². The Morgan fingerprint density at radius 2 is 2.14 bits per heavy atom. The Balaban J connectivity index is 2.72. The fraction of sp³-hybridized carbons (Fsp3) is 0.667. The number of hydrogen-bond donors (Lipinski definition) is 0. The molecule has 0 aromatic carbocycles. The molecule has 1 aliphatic rings. The Labute approximate surface area is 85.5 Å². The molecule has 1 nitrogen and oxygen atoms in total. The summed E-state index contributed by atoms with van der Waals surface area (Å²) in [5.74, 6) is 0.847. The van der Waals surface area contributed by atoms with E-state index >= 15 is 0 Å². The van der Waals surface area contributed by atoms with Crippen molar-refractivity contribution in [1.29, 1.82) is 0 Å². The number of halogens is 3. The van der Waals surface area contributed by atoms with Gasteiger partial charge in [0.1, 0.15) is 5.70 Å². The summed E-state index contributed by atoms with van der Waals surface area (Å²) in [5, 5.41) is 0. The number of aliphatic imine (C=N–C) groups is 1. The first kappa shape index (κ1) is 11.6. The lowest BCUT2D eigenvalue weighted by atomic mass is 9.94. The first-order chi connectivity index (χ1) is 6.45. The summed E-state index contributed by atoms with van der Waals surface area (Å²) in [6, 6.07) is 0. The molecule has 2 atom stereocenters. The van der Waals surface area contributed by atoms with Crippen LogP contribution in [0.2, 0.25) is 0 Å². The normalized spacial score (nSPS) is 27.6. The van der Waals surface area contributed by atoms with Gasteiger partial charge in [0.05, 0.1) is 0 Å². The molecule has 0 saturated heterocycles. The zero-order valence-corrected chi connectivity index (χ0v) is 8.82. The predicted molar refractivity (Wildman–Crippen MR) is 53.7 cm³/mol. The first-order valence-electron chi connectivity index (χ1n) is 4.27. The van der Waals surface area contributed by atoms with Crippen LogP contribution in [0.15, 0.2) is 16.8 Å². The third kappa shape index (κ3) is 2.77. The molecule has 0 spiro atoms. The summed E-state index contributed by atoms with van der Waals surface area (Å²) >= 11 is 1.62. The van der Waals surface area contributed by atoms with Gasteiger partial charge in [0.2, 0.25) is 0 Å². The minimum Gasteiger partial charge on any atom is -0.256 e. The van der Waals surface area contributed by atoms with E-state index in [-0.39, 0.29) is 11.8 Å². The summed E-state index contributed by atoms with van der Waals surface area (Å²) in [6.07, 6.45) is 0.253. The summed E-state index contributed by atoms with van der Waals surface area (Å²) in [4.78, 5) is 3.45. The van der Waals surface area contributed by atoms with E-state index in [1.54, 1.807) is 18.7 Å². The average Bonchev–Trinajstić information content (AvgIpc) is 2.07. The van der Waals surface area contributed by atoms with Gasteiger partial charge in [-0.25, -0.2) is 0 Å². The maximum atomic E-state index is 12.2. The minimum atomic E-state index is -4.31. The second-order valence-electron chi connectivity index (χ2n) is 3.31. The molecule has 0 saturated carbocycles. The van der Waals surface area contributed by atoms with Gasteiger partial charge in [-0.3, -0.25) is 4.99 Å². The third-order valence-corrected chi connectivity index (χ3v) is 2.87. The molecule has 5 heteroatoms. The van der Waals surface area contributed by atoms with Crippen molar-refractivity contribution in [2.24, 2.45) is 16.8 Å². The van der Waals surface area contributed by atoms with Crippen LogP contribution >= 0.6 is 11.8 Å². The topological polar surface area (TPSA) is 12.4 Å². The number of alkyl halides is 3. The highest BCUT2D eigenvalue weighted by Gasteiger charge is 2.36. The minimum absolute atomic E-state index is 0.0865. The lowest BCUT2D eigenvalue weighted by Gasteiger charge is -2.22. The second kappa shape index (κ2) is 4.38. The van der Waals surface area contributed by atoms with Crippen LogP contribution in [0.1, 0.15) is 6.92 Å². The number of nitrogens with zero attached hydrogens (tertiary/aromatic N) is 1. The molecule has 0 N–H and O–H groups in total. The van der Waals surface area contributed by atoms with E-state index in [9.17, 15) is 13.2 Å². The van der Waals surface area contributed by atoms with Crippen LogP contribution in [0.4, 0.5) is 13.2 Å². The molecule has 14 heavy (non-hydrogen) atoms. The van der Waals surface area contributed by atoms with Crippen molar-refractivity contribution in [2.45, 2.75) is 13.1 Å². The van der Waals surface area contributed by atoms with E-state index < -0.39 is 11.9 Å². The van der Waals surface area contributed by atoms with Gasteiger partial charge in [-0.05, 0) is 12.2 Å². The molecule has 2 unspecified atom stereocenters. The van der Waals surface area contributed by atoms with Gasteiger partial charge >= 0.3 is 6.18 Å². The third-order valence-electron chi connectivity index (χ3n) is 2.15. The van der Waals surface area contributed by atoms with E-state index in [2.05, 4.69) is 4.99 Å². The first-order valence-corrected chi connectivity index (χ1v) is 5.66. The molecule has 0 radical (unpaired) electrons. The number of rotatable bonds is 2. The zero-order chi connectivity index (χ0) is 10.8. The Morgan fingerprint density at radius 1 is 1.50 bits per heavy atom. The summed E-state index contributed by atoms with van der Waals surface area (Å²) < 4.78 is 36.7. The van der Waals surface area contributed by atoms with Crippen LogP contribution in [0.5, 0.6) is 0 Å². The van der Waals surface area contributed by atoms with Gasteiger partial charge in [0.15, 0.2) is 0 Å². The molecule has 1 heterocycles. The monoisotopic (exact) mass is 223 g/mol. The molecule has 0 aromatic heterocycles. The predicted octanol–water partition coefficient (Wildman–Crippen LogP) is 3.13. The van der Waals surface area contributed by atoms with Crippen molar-refractivity contribution in [1.82, 2.24) is 0 Å². The Kier molecular flexibility index (Phi) is 3.64. The highest BCUT2D eigenvalue weighted by atomic mass is 32.2. The molecular formula is C9H12F3NS. The van der Waals surface area contributed by atoms with E-state index in [1.165, 1.54) is 12.3 Å². The van der Waals surface area contributed by atoms with Crippen molar-refractivity contribution in [3.05, 3.63) is 11.8 Å². The van der Waals surface area contributed by atoms with E-state index in [0.717, 1.165) is 5.75 Å². The highest BCUT2D eigenvalue weighted by molar-refractivity contribution is 7.98. The SMILES string of the molecule is CSCC1C=NC(C(F)(F)F)=CC1C. The molecule has 80 valence electrons. The number of thioether (sulfide) groups is 1. The fourth-order valence-electron chi connectivity index (χ4n) is 1.28. The quantitative estimate of drug-likeness (QED) is 0.700. The zero-order valence-electron chi connectivity index (χ0n) is 8.01. The Hall–Kier alpha value is -0.450. The van der Waals surface area contributed by atoms with Crippen LogP contribution in [0.25, 0.3) is 0 Å². The van der Waals surface area contributed by atoms with Crippen LogP contribution in [-0.2, 0) is 0 Å². The van der Waals surface area contributed by atoms with Gasteiger partial charge in [0, 0.05) is 17.9 Å². The lowest BCUT2D eigenvalue weighted by Crippen LogP contribution is -2.22. The molecule has 0 bridgehead atoms. The van der Waals surface area contributed by atoms with Gasteiger partial charge in [0.25, 0.3) is 0 Å². The Morgan fingerprint density at radius 3 is 2.57 bits per heavy atom. The van der Waals surface area contributed by atoms with E-state index in [1.807, 2.05) is 6.26 Å². The van der Waals surface area contributed by atoms with Gasteiger partial charge in [-0.15, -0.1) is 0 Å². The lowest BCUT2D eigenvalue weighted by molar-refractivity contribution is -0.0931. The van der Waals surface area contributed by atoms with Gasteiger partial charge in [-0.2, -0.15) is 24.9 Å². The number of hydrogen-bond acceptors (Lipinski definition) is 2. The molecule has 0 amide bonds. The molecular weight excluding hydrogens is 211 g/mol. The molecule has 1 rings (SSSR count). The van der Waals surface area contributed by atoms with Crippen LogP contribution in [-0.4, -0.2) is 24.4 Å². The van der Waals surface area contributed by atoms with Crippen LogP contribution < -0.4 is 0 Å². The second-order valence-corrected chi connectivity index (χ2v) is 4.22. The fourth-order valence-corrected chi connectivity index (χ4v) is 2.06. The van der Waals surface area contributed by atoms with E-state index in [0.29, 0.717) is 0 Å². The molecule has 1 aliphatic heterocycles. The van der Waals surface area contributed by atoms with E-state index in [4.69, 9.17) is 0 Å². The van der Waals surface area contributed by atoms with Crippen molar-refractivity contribution in [3.63, 3.8) is 0 Å². The molecule has 0 aliphatic carbocycles. The van der Waals surface area contributed by atoms with Crippen LogP contribution in [0.3, 0.4) is 0 Å². The summed E-state index contributed by atoms with van der Waals surface area (Å²) in [5.41, 5.74) is -0.762.